The van der Waals surface area contributed by atoms with Gasteiger partial charge in [-0.15, -0.1) is 0 Å². The summed E-state index contributed by atoms with van der Waals surface area (Å²) in [4.78, 5) is 122. The van der Waals surface area contributed by atoms with Crippen LogP contribution in [0.5, 0.6) is 0 Å². The number of aromatic nitrogens is 1. The molecular weight excluding hydrogens is 1090 g/mol. The molecule has 5 aromatic rings. The first-order valence-corrected chi connectivity index (χ1v) is 31.0. The molecule has 83 heavy (non-hydrogen) atoms. The second-order valence-electron chi connectivity index (χ2n) is 21.3. The number of nitrogens with two attached hydrogens (primary N) is 2. The van der Waals surface area contributed by atoms with Crippen LogP contribution < -0.4 is 48.7 Å². The maximum atomic E-state index is 15.6. The van der Waals surface area contributed by atoms with Gasteiger partial charge in [0, 0.05) is 61.1 Å². The molecule has 2 bridgehead atoms. The summed E-state index contributed by atoms with van der Waals surface area (Å²) >= 11 is 0. The van der Waals surface area contributed by atoms with Crippen molar-refractivity contribution in [1.82, 2.24) is 47.1 Å². The van der Waals surface area contributed by atoms with Crippen LogP contribution in [0.3, 0.4) is 0 Å². The Morgan fingerprint density at radius 3 is 1.92 bits per heavy atom. The number of para-hydroxylation sites is 1. The van der Waals surface area contributed by atoms with Gasteiger partial charge in [0.05, 0.1) is 36.3 Å². The molecule has 22 heteroatoms. The predicted molar refractivity (Wildman–Crippen MR) is 323 cm³/mol. The van der Waals surface area contributed by atoms with Gasteiger partial charge in [-0.1, -0.05) is 131 Å². The first-order chi connectivity index (χ1) is 40.2. The molecule has 7 amide bonds. The number of Topliss-reactive ketones (excluding diaryl/α,β-unsaturated/α-hetero) is 1. The van der Waals surface area contributed by atoms with E-state index in [1.165, 1.54) is 28.5 Å². The first-order valence-electron chi connectivity index (χ1n) is 28.6. The zero-order valence-corrected chi connectivity index (χ0v) is 48.5. The monoisotopic (exact) mass is 1170 g/mol. The van der Waals surface area contributed by atoms with Crippen molar-refractivity contribution >= 4 is 79.6 Å². The van der Waals surface area contributed by atoms with Crippen LogP contribution in [-0.2, 0) is 64.0 Å². The van der Waals surface area contributed by atoms with Crippen molar-refractivity contribution in [2.24, 2.45) is 17.4 Å². The lowest BCUT2D eigenvalue weighted by atomic mass is 9.96. The summed E-state index contributed by atoms with van der Waals surface area (Å²) in [5.74, 6) is -6.86. The maximum Gasteiger partial charge on any atom is 0.243 e. The van der Waals surface area contributed by atoms with Crippen LogP contribution in [0.25, 0.3) is 10.9 Å². The van der Waals surface area contributed by atoms with Crippen molar-refractivity contribution in [2.45, 2.75) is 120 Å². The summed E-state index contributed by atoms with van der Waals surface area (Å²) in [5.41, 5.74) is 15.9. The van der Waals surface area contributed by atoms with Crippen molar-refractivity contribution in [3.8, 4) is 0 Å². The van der Waals surface area contributed by atoms with E-state index >= 15 is 9.59 Å². The van der Waals surface area contributed by atoms with Crippen LogP contribution in [0.4, 0.5) is 0 Å². The van der Waals surface area contributed by atoms with Gasteiger partial charge in [0.25, 0.3) is 0 Å². The van der Waals surface area contributed by atoms with Crippen molar-refractivity contribution in [2.75, 3.05) is 44.2 Å². The second kappa shape index (κ2) is 32.7. The van der Waals surface area contributed by atoms with E-state index in [1.54, 1.807) is 6.20 Å². The average molecular weight is 1170 g/mol. The highest BCUT2D eigenvalue weighted by Crippen LogP contribution is 2.26. The number of nitrogens with zero attached hydrogens (tertiary/aromatic N) is 1. The number of ketones is 1. The fourth-order valence-corrected chi connectivity index (χ4v) is 12.9. The third-order valence-electron chi connectivity index (χ3n) is 14.9. The van der Waals surface area contributed by atoms with Crippen molar-refractivity contribution in [1.29, 1.82) is 0 Å². The molecule has 0 saturated carbocycles. The normalized spacial score (nSPS) is 23.7. The van der Waals surface area contributed by atoms with E-state index in [0.29, 0.717) is 36.8 Å². The number of carbonyl (C=O) groups is 8. The van der Waals surface area contributed by atoms with E-state index in [2.05, 4.69) is 42.2 Å². The summed E-state index contributed by atoms with van der Waals surface area (Å²) in [7, 11) is 2.51. The molecule has 2 aliphatic heterocycles. The molecule has 1 aromatic heterocycles. The number of fused-ring (bicyclic) bond motifs is 6. The van der Waals surface area contributed by atoms with E-state index in [9.17, 15) is 33.9 Å². The van der Waals surface area contributed by atoms with Gasteiger partial charge in [-0.05, 0) is 99.7 Å². The van der Waals surface area contributed by atoms with E-state index < -0.39 is 95.5 Å². The zero-order chi connectivity index (χ0) is 59.1. The number of aromatic amines is 1. The van der Waals surface area contributed by atoms with Gasteiger partial charge in [-0.3, -0.25) is 43.3 Å². The van der Waals surface area contributed by atoms with Gasteiger partial charge in [-0.2, -0.15) is 0 Å². The topological polar surface area (TPSA) is 312 Å². The van der Waals surface area contributed by atoms with Gasteiger partial charge in [-0.25, -0.2) is 0 Å². The lowest BCUT2D eigenvalue weighted by Crippen LogP contribution is -2.60. The summed E-state index contributed by atoms with van der Waals surface area (Å²) in [6.07, 6.45) is 2.33. The maximum absolute atomic E-state index is 15.6. The Hall–Kier alpha value is -7.08. The minimum absolute atomic E-state index is 0.000877. The molecule has 0 radical (unpaired) electrons. The number of H-pyrrole nitrogens is 1. The molecular formula is C61H79N11O9S2. The minimum atomic E-state index is -1.75. The number of amides is 7. The van der Waals surface area contributed by atoms with Gasteiger partial charge in [0.1, 0.15) is 18.0 Å². The Bertz CT molecular complexity index is 2940. The third kappa shape index (κ3) is 19.5. The Labute approximate surface area is 492 Å². The summed E-state index contributed by atoms with van der Waals surface area (Å²) in [6, 6.07) is 27.5. The summed E-state index contributed by atoms with van der Waals surface area (Å²) in [6.45, 7) is 2.34. The van der Waals surface area contributed by atoms with Crippen molar-refractivity contribution in [3.63, 3.8) is 0 Å². The Kier molecular flexibility index (Phi) is 25.0. The number of rotatable bonds is 15. The molecule has 7 rings (SSSR count). The van der Waals surface area contributed by atoms with Crippen molar-refractivity contribution in [3.05, 3.63) is 144 Å². The molecule has 2 unspecified atom stereocenters. The van der Waals surface area contributed by atoms with E-state index in [4.69, 9.17) is 11.5 Å². The van der Waals surface area contributed by atoms with Crippen LogP contribution >= 0.6 is 21.6 Å². The number of hydrogen-bond acceptors (Lipinski definition) is 14. The molecule has 2 aliphatic rings. The van der Waals surface area contributed by atoms with Crippen LogP contribution in [-0.4, -0.2) is 155 Å². The van der Waals surface area contributed by atoms with Crippen LogP contribution in [0.1, 0.15) is 67.7 Å². The molecule has 9 atom stereocenters. The van der Waals surface area contributed by atoms with Gasteiger partial charge in [0.15, 0.2) is 5.78 Å². The Morgan fingerprint density at radius 2 is 1.24 bits per heavy atom. The number of primary amides is 1. The second-order valence-corrected chi connectivity index (χ2v) is 23.8. The van der Waals surface area contributed by atoms with Crippen LogP contribution in [0.2, 0.25) is 0 Å². The van der Waals surface area contributed by atoms with Crippen LogP contribution in [0, 0.1) is 5.92 Å². The Morgan fingerprint density at radius 1 is 0.651 bits per heavy atom. The molecule has 0 aliphatic carbocycles. The Balaban J connectivity index is 1.33. The number of carbonyl (C=O) groups excluding carboxylic acids is 8. The number of aliphatic hydroxyl groups excluding tert-OH is 1. The lowest BCUT2D eigenvalue weighted by Gasteiger charge is -2.34. The number of benzene rings is 4. The van der Waals surface area contributed by atoms with E-state index in [1.807, 2.05) is 120 Å². The predicted octanol–water partition coefficient (Wildman–Crippen LogP) is 2.37. The smallest absolute Gasteiger partial charge is 0.243 e. The van der Waals surface area contributed by atoms with Crippen molar-refractivity contribution < 1.29 is 43.5 Å². The number of hydrogen-bond donors (Lipinski definition) is 11. The standard InChI is InChI=1S/C61H79N11O9S2/c1-39(73)54-60(80)67-44-36-72(52(56(63)76)33-42-21-9-4-10-22-42)30-16-29-65-53(74)26-15-28-64-49(32-41-19-7-3-8-20-41)58(78)71-51(38-83-82-37-44)55(75)48(31-40-17-5-2-6-18-40)69-59(79)50(34-43-35-66-46-24-12-11-23-45(43)46)70-57(77)47(68-61(54)81)25-13-14-27-62/h2-12,17-24,35,39,44,47-52,54,64,66,73H,13-16,25-34,36-38,62H2,1H3,(H2,63,76)(H,65,74)(H,67,80)(H,68,81)(H,69,79)(H,70,77)(H,71,78)/t39?,44-,47-,48-,49-,50-,51?,52+,54+/m1/s1. The SMILES string of the molecule is CC(O)[C@H]1C(=O)N[C@H]2CSSCC(NC(=O)[C@@H](Cc3ccccc3)NCCCC(=O)NCCCN([C@@H](Cc3ccccc3)C(N)=O)C2)C(=O)[C@@H](Cc2ccccc2)NC(=O)[C@@H](Cc2c[nH]c3ccccc23)NC(=O)[C@@H](CCCCN)NC1=O. The highest BCUT2D eigenvalue weighted by Gasteiger charge is 2.39. The molecule has 20 nitrogen and oxygen atoms in total. The number of nitrogens with one attached hydrogen (secondary N) is 8. The molecule has 2 fully saturated rings. The highest BCUT2D eigenvalue weighted by atomic mass is 33.1. The van der Waals surface area contributed by atoms with Gasteiger partial charge in [0.2, 0.25) is 41.4 Å². The molecule has 3 heterocycles. The van der Waals surface area contributed by atoms with Gasteiger partial charge < -0.3 is 58.8 Å². The molecule has 2 saturated heterocycles. The summed E-state index contributed by atoms with van der Waals surface area (Å²) in [5, 5.41) is 33.1. The lowest BCUT2D eigenvalue weighted by molar-refractivity contribution is -0.142. The quantitative estimate of drug-likeness (QED) is 0.0408. The van der Waals surface area contributed by atoms with Gasteiger partial charge >= 0.3 is 0 Å². The average Bonchev–Trinajstić information content (AvgIpc) is 4.10. The van der Waals surface area contributed by atoms with Crippen LogP contribution in [0.15, 0.2) is 121 Å². The zero-order valence-electron chi connectivity index (χ0n) is 46.9. The number of aliphatic hydroxyl groups is 1. The largest absolute Gasteiger partial charge is 0.392 e. The third-order valence-corrected chi connectivity index (χ3v) is 17.4. The molecule has 444 valence electrons. The fourth-order valence-electron chi connectivity index (χ4n) is 10.5. The molecule has 0 spiro atoms. The van der Waals surface area contributed by atoms with E-state index in [-0.39, 0.29) is 88.7 Å². The summed E-state index contributed by atoms with van der Waals surface area (Å²) < 4.78 is 0. The van der Waals surface area contributed by atoms with E-state index in [0.717, 1.165) is 22.0 Å². The fraction of sp³-hybridized carbons (Fsp3) is 0.443. The number of unbranched alkanes of at least 4 members (excludes halogenated alkanes) is 1. The minimum Gasteiger partial charge on any atom is -0.392 e. The highest BCUT2D eigenvalue weighted by molar-refractivity contribution is 8.76. The molecule has 4 aromatic carbocycles. The first kappa shape index (κ1) is 63.5. The molecule has 13 N–H and O–H groups in total.